The molecule has 1 heteroatoms. The summed E-state index contributed by atoms with van der Waals surface area (Å²) in [5, 5.41) is 0. The van der Waals surface area contributed by atoms with Crippen LogP contribution < -0.4 is 0 Å². The summed E-state index contributed by atoms with van der Waals surface area (Å²) >= 11 is 0. The minimum absolute atomic E-state index is 0.200. The maximum absolute atomic E-state index is 10.9. The average molecular weight is 166 g/mol. The molecule has 68 valence electrons. The molecule has 1 aliphatic rings. The number of hydrogen-bond acceptors (Lipinski definition) is 1. The van der Waals surface area contributed by atoms with Crippen molar-refractivity contribution < 1.29 is 4.79 Å². The van der Waals surface area contributed by atoms with Gasteiger partial charge in [0.2, 0.25) is 0 Å². The Morgan fingerprint density at radius 2 is 2.08 bits per heavy atom. The SMILES string of the molecule is CC(=O)C=C1CC(C)CCC1C. The molecule has 1 rings (SSSR count). The summed E-state index contributed by atoms with van der Waals surface area (Å²) in [5.41, 5.74) is 1.36. The summed E-state index contributed by atoms with van der Waals surface area (Å²) in [6.07, 6.45) is 5.53. The third-order valence-corrected chi connectivity index (χ3v) is 2.70. The Balaban J connectivity index is 2.66. The minimum Gasteiger partial charge on any atom is -0.295 e. The van der Waals surface area contributed by atoms with Crippen molar-refractivity contribution in [3.05, 3.63) is 11.6 Å². The molecule has 0 heterocycles. The summed E-state index contributed by atoms with van der Waals surface area (Å²) in [4.78, 5) is 10.9. The molecule has 0 aromatic heterocycles. The molecule has 0 bridgehead atoms. The lowest BCUT2D eigenvalue weighted by molar-refractivity contribution is -0.112. The van der Waals surface area contributed by atoms with Crippen LogP contribution in [0.15, 0.2) is 11.6 Å². The Kier molecular flexibility index (Phi) is 3.07. The van der Waals surface area contributed by atoms with Gasteiger partial charge in [-0.1, -0.05) is 19.4 Å². The molecule has 0 aliphatic heterocycles. The van der Waals surface area contributed by atoms with E-state index in [-0.39, 0.29) is 5.78 Å². The second-order valence-electron chi connectivity index (χ2n) is 4.12. The molecule has 12 heavy (non-hydrogen) atoms. The fraction of sp³-hybridized carbons (Fsp3) is 0.727. The van der Waals surface area contributed by atoms with E-state index in [2.05, 4.69) is 13.8 Å². The zero-order valence-electron chi connectivity index (χ0n) is 8.26. The first-order valence-corrected chi connectivity index (χ1v) is 4.80. The van der Waals surface area contributed by atoms with Crippen molar-refractivity contribution in [2.75, 3.05) is 0 Å². The summed E-state index contributed by atoms with van der Waals surface area (Å²) in [7, 11) is 0. The molecule has 0 radical (unpaired) electrons. The standard InChI is InChI=1S/C11H18O/c1-8-4-5-9(2)11(6-8)7-10(3)12/h7-9H,4-6H2,1-3H3. The lowest BCUT2D eigenvalue weighted by atomic mass is 9.79. The molecule has 0 aromatic carbocycles. The Hall–Kier alpha value is -0.590. The fourth-order valence-electron chi connectivity index (χ4n) is 1.89. The summed E-state index contributed by atoms with van der Waals surface area (Å²) in [5.74, 6) is 1.60. The monoisotopic (exact) mass is 166 g/mol. The highest BCUT2D eigenvalue weighted by Crippen LogP contribution is 2.32. The molecular weight excluding hydrogens is 148 g/mol. The van der Waals surface area contributed by atoms with E-state index in [0.29, 0.717) is 5.92 Å². The second kappa shape index (κ2) is 3.88. The van der Waals surface area contributed by atoms with Crippen LogP contribution in [-0.2, 0) is 4.79 Å². The molecule has 1 fully saturated rings. The number of hydrogen-bond donors (Lipinski definition) is 0. The van der Waals surface area contributed by atoms with Gasteiger partial charge in [-0.25, -0.2) is 0 Å². The first-order valence-electron chi connectivity index (χ1n) is 4.80. The topological polar surface area (TPSA) is 17.1 Å². The van der Waals surface area contributed by atoms with E-state index in [9.17, 15) is 4.79 Å². The minimum atomic E-state index is 0.200. The maximum Gasteiger partial charge on any atom is 0.152 e. The second-order valence-corrected chi connectivity index (χ2v) is 4.12. The van der Waals surface area contributed by atoms with Gasteiger partial charge in [-0.2, -0.15) is 0 Å². The van der Waals surface area contributed by atoms with Gasteiger partial charge in [0.05, 0.1) is 0 Å². The van der Waals surface area contributed by atoms with Crippen molar-refractivity contribution >= 4 is 5.78 Å². The van der Waals surface area contributed by atoms with Crippen molar-refractivity contribution in [2.45, 2.75) is 40.0 Å². The fourth-order valence-corrected chi connectivity index (χ4v) is 1.89. The van der Waals surface area contributed by atoms with Gasteiger partial charge < -0.3 is 0 Å². The van der Waals surface area contributed by atoms with Gasteiger partial charge in [0.15, 0.2) is 5.78 Å². The highest BCUT2D eigenvalue weighted by Gasteiger charge is 2.19. The first kappa shape index (κ1) is 9.50. The number of allylic oxidation sites excluding steroid dienone is 2. The summed E-state index contributed by atoms with van der Waals surface area (Å²) in [6, 6.07) is 0. The van der Waals surface area contributed by atoms with E-state index in [1.54, 1.807) is 6.92 Å². The molecule has 2 atom stereocenters. The van der Waals surface area contributed by atoms with E-state index >= 15 is 0 Å². The van der Waals surface area contributed by atoms with Crippen LogP contribution in [0, 0.1) is 11.8 Å². The molecule has 2 unspecified atom stereocenters. The van der Waals surface area contributed by atoms with Gasteiger partial charge in [0, 0.05) is 0 Å². The van der Waals surface area contributed by atoms with Gasteiger partial charge in [0.1, 0.15) is 0 Å². The van der Waals surface area contributed by atoms with Crippen molar-refractivity contribution in [2.24, 2.45) is 11.8 Å². The van der Waals surface area contributed by atoms with Crippen molar-refractivity contribution in [3.8, 4) is 0 Å². The van der Waals surface area contributed by atoms with E-state index in [1.165, 1.54) is 18.4 Å². The van der Waals surface area contributed by atoms with Gasteiger partial charge >= 0.3 is 0 Å². The van der Waals surface area contributed by atoms with E-state index in [0.717, 1.165) is 12.3 Å². The van der Waals surface area contributed by atoms with E-state index in [1.807, 2.05) is 6.08 Å². The van der Waals surface area contributed by atoms with E-state index < -0.39 is 0 Å². The molecule has 0 amide bonds. The quantitative estimate of drug-likeness (QED) is 0.547. The molecule has 0 N–H and O–H groups in total. The van der Waals surface area contributed by atoms with Crippen molar-refractivity contribution in [3.63, 3.8) is 0 Å². The van der Waals surface area contributed by atoms with Crippen LogP contribution in [0.4, 0.5) is 0 Å². The Morgan fingerprint density at radius 1 is 1.42 bits per heavy atom. The van der Waals surface area contributed by atoms with Crippen LogP contribution in [0.1, 0.15) is 40.0 Å². The van der Waals surface area contributed by atoms with Crippen LogP contribution in [0.25, 0.3) is 0 Å². The molecular formula is C11H18O. The number of carbonyl (C=O) groups is 1. The van der Waals surface area contributed by atoms with Gasteiger partial charge in [-0.05, 0) is 44.1 Å². The van der Waals surface area contributed by atoms with Crippen LogP contribution >= 0.6 is 0 Å². The predicted octanol–water partition coefficient (Wildman–Crippen LogP) is 2.96. The Bertz CT molecular complexity index is 203. The van der Waals surface area contributed by atoms with Crippen LogP contribution in [0.3, 0.4) is 0 Å². The van der Waals surface area contributed by atoms with E-state index in [4.69, 9.17) is 0 Å². The molecule has 1 saturated carbocycles. The Morgan fingerprint density at radius 3 is 2.67 bits per heavy atom. The summed E-state index contributed by atoms with van der Waals surface area (Å²) < 4.78 is 0. The van der Waals surface area contributed by atoms with Gasteiger partial charge in [-0.15, -0.1) is 0 Å². The van der Waals surface area contributed by atoms with Crippen LogP contribution in [0.5, 0.6) is 0 Å². The Labute approximate surface area is 74.9 Å². The van der Waals surface area contributed by atoms with Crippen molar-refractivity contribution in [1.29, 1.82) is 0 Å². The smallest absolute Gasteiger partial charge is 0.152 e. The molecule has 0 spiro atoms. The van der Waals surface area contributed by atoms with Crippen molar-refractivity contribution in [1.82, 2.24) is 0 Å². The molecule has 1 aliphatic carbocycles. The zero-order valence-corrected chi connectivity index (χ0v) is 8.26. The lowest BCUT2D eigenvalue weighted by Gasteiger charge is -2.26. The number of rotatable bonds is 1. The lowest BCUT2D eigenvalue weighted by Crippen LogP contribution is -2.13. The van der Waals surface area contributed by atoms with Crippen LogP contribution in [-0.4, -0.2) is 5.78 Å². The third kappa shape index (κ3) is 2.47. The van der Waals surface area contributed by atoms with Gasteiger partial charge in [0.25, 0.3) is 0 Å². The predicted molar refractivity (Wildman–Crippen MR) is 50.9 cm³/mol. The molecule has 0 aromatic rings. The largest absolute Gasteiger partial charge is 0.295 e. The normalized spacial score (nSPS) is 33.8. The third-order valence-electron chi connectivity index (χ3n) is 2.70. The molecule has 1 nitrogen and oxygen atoms in total. The molecule has 0 saturated heterocycles. The van der Waals surface area contributed by atoms with Crippen LogP contribution in [0.2, 0.25) is 0 Å². The number of ketones is 1. The highest BCUT2D eigenvalue weighted by molar-refractivity contribution is 5.88. The van der Waals surface area contributed by atoms with Gasteiger partial charge in [-0.3, -0.25) is 4.79 Å². The maximum atomic E-state index is 10.9. The first-order chi connectivity index (χ1) is 5.59. The average Bonchev–Trinajstić information content (AvgIpc) is 1.96. The zero-order chi connectivity index (χ0) is 9.14. The number of carbonyl (C=O) groups excluding carboxylic acids is 1. The highest BCUT2D eigenvalue weighted by atomic mass is 16.1. The summed E-state index contributed by atoms with van der Waals surface area (Å²) in [6.45, 7) is 6.12.